The molecule has 2 fully saturated rings. The van der Waals surface area contributed by atoms with Crippen LogP contribution in [0.15, 0.2) is 55.1 Å². The number of aromatic nitrogens is 2. The lowest BCUT2D eigenvalue weighted by Crippen LogP contribution is -2.44. The van der Waals surface area contributed by atoms with Crippen LogP contribution in [-0.4, -0.2) is 61.3 Å². The summed E-state index contributed by atoms with van der Waals surface area (Å²) in [6.45, 7) is 8.32. The maximum atomic E-state index is 12.9. The number of likely N-dealkylation sites (N-methyl/N-ethyl adjacent to an activating group) is 1. The third kappa shape index (κ3) is 4.23. The summed E-state index contributed by atoms with van der Waals surface area (Å²) in [5, 5.41) is 10.7. The lowest BCUT2D eigenvalue weighted by atomic mass is 9.94. The van der Waals surface area contributed by atoms with E-state index in [0.29, 0.717) is 0 Å². The van der Waals surface area contributed by atoms with Gasteiger partial charge in [-0.1, -0.05) is 36.9 Å². The average Bonchev–Trinajstić information content (AvgIpc) is 3.44. The number of aromatic amines is 1. The monoisotopic (exact) mass is 507 g/mol. The first-order valence-electron chi connectivity index (χ1n) is 13.1. The van der Waals surface area contributed by atoms with E-state index in [1.54, 1.807) is 7.11 Å². The number of hydrogen-bond acceptors (Lipinski definition) is 5. The first kappa shape index (κ1) is 24.2. The molecule has 7 nitrogen and oxygen atoms in total. The van der Waals surface area contributed by atoms with Crippen molar-refractivity contribution in [2.24, 2.45) is 5.92 Å². The van der Waals surface area contributed by atoms with Crippen molar-refractivity contribution < 1.29 is 9.53 Å². The van der Waals surface area contributed by atoms with Crippen molar-refractivity contribution in [2.45, 2.75) is 11.8 Å². The van der Waals surface area contributed by atoms with Crippen LogP contribution in [0.4, 0.5) is 11.4 Å². The Hall–Kier alpha value is -4.10. The highest BCUT2D eigenvalue weighted by atomic mass is 16.5. The van der Waals surface area contributed by atoms with E-state index in [4.69, 9.17) is 4.74 Å². The quantitative estimate of drug-likeness (QED) is 0.476. The largest absolute Gasteiger partial charge is 0.497 e. The molecule has 1 spiro atoms. The maximum Gasteiger partial charge on any atom is 0.235 e. The van der Waals surface area contributed by atoms with E-state index in [0.717, 1.165) is 72.1 Å². The Kier molecular flexibility index (Phi) is 6.16. The van der Waals surface area contributed by atoms with Crippen LogP contribution in [0.1, 0.15) is 34.5 Å². The Morgan fingerprint density at radius 2 is 1.87 bits per heavy atom. The highest BCUT2D eigenvalue weighted by Crippen LogP contribution is 2.61. The molecule has 1 saturated heterocycles. The molecule has 2 atom stereocenters. The van der Waals surface area contributed by atoms with E-state index in [1.807, 2.05) is 36.4 Å². The smallest absolute Gasteiger partial charge is 0.235 e. The van der Waals surface area contributed by atoms with Gasteiger partial charge in [-0.3, -0.25) is 9.89 Å². The number of methoxy groups -OCH3 is 1. The fourth-order valence-corrected chi connectivity index (χ4v) is 5.67. The number of fused-ring (bicyclic) bond motifs is 2. The van der Waals surface area contributed by atoms with Crippen LogP contribution >= 0.6 is 0 Å². The van der Waals surface area contributed by atoms with Gasteiger partial charge in [-0.15, -0.1) is 0 Å². The molecule has 6 rings (SSSR count). The van der Waals surface area contributed by atoms with Crippen LogP contribution < -0.4 is 15.0 Å². The minimum absolute atomic E-state index is 0.0613. The molecular weight excluding hydrogens is 474 g/mol. The molecule has 7 heteroatoms. The zero-order valence-electron chi connectivity index (χ0n) is 21.9. The van der Waals surface area contributed by atoms with Crippen LogP contribution in [0.3, 0.4) is 0 Å². The zero-order valence-corrected chi connectivity index (χ0v) is 21.9. The number of piperazine rings is 1. The van der Waals surface area contributed by atoms with Gasteiger partial charge in [0.2, 0.25) is 5.91 Å². The molecule has 0 bridgehead atoms. The standard InChI is InChI=1S/C31H33N5O2/c1-4-25-27(12-7-21-5-9-23(10-6-21)36-17-15-35(2)16-18-36)33-34-28(25)13-8-22-20-31(22)26-19-24(38-3)11-14-29(26)32-30(31)37/h4-14,19,22H,1,15-18,20H2,2-3H3,(H,32,37)(H,33,34)/b12-7+,13-8+. The minimum Gasteiger partial charge on any atom is -0.497 e. The summed E-state index contributed by atoms with van der Waals surface area (Å²) in [6.07, 6.45) is 10.8. The SMILES string of the molecule is C=Cc1c(/C=C/c2ccc(N3CCN(C)CC3)cc2)n[nH]c1/C=C/C1CC12C(=O)Nc1ccc(OC)cc12. The van der Waals surface area contributed by atoms with Crippen LogP contribution in [0, 0.1) is 5.92 Å². The molecule has 2 N–H and O–H groups in total. The Labute approximate surface area is 223 Å². The number of allylic oxidation sites excluding steroid dienone is 1. The molecule has 2 aliphatic heterocycles. The van der Waals surface area contributed by atoms with Gasteiger partial charge in [0.15, 0.2) is 0 Å². The van der Waals surface area contributed by atoms with Crippen LogP contribution in [0.5, 0.6) is 5.75 Å². The molecule has 3 heterocycles. The number of benzene rings is 2. The summed E-state index contributed by atoms with van der Waals surface area (Å²) in [5.41, 5.74) is 6.45. The summed E-state index contributed by atoms with van der Waals surface area (Å²) in [7, 11) is 3.82. The van der Waals surface area contributed by atoms with Crippen molar-refractivity contribution >= 4 is 41.6 Å². The first-order chi connectivity index (χ1) is 18.5. The molecule has 1 saturated carbocycles. The van der Waals surface area contributed by atoms with Gasteiger partial charge in [-0.2, -0.15) is 5.10 Å². The maximum absolute atomic E-state index is 12.9. The number of nitrogens with zero attached hydrogens (tertiary/aromatic N) is 3. The fourth-order valence-electron chi connectivity index (χ4n) is 5.67. The van der Waals surface area contributed by atoms with Crippen LogP contribution in [0.2, 0.25) is 0 Å². The summed E-state index contributed by atoms with van der Waals surface area (Å²) in [4.78, 5) is 17.7. The Morgan fingerprint density at radius 3 is 2.61 bits per heavy atom. The van der Waals surface area contributed by atoms with Gasteiger partial charge in [-0.05, 0) is 73.0 Å². The van der Waals surface area contributed by atoms with Gasteiger partial charge in [0.1, 0.15) is 5.75 Å². The number of rotatable bonds is 7. The molecule has 0 radical (unpaired) electrons. The second-order valence-electron chi connectivity index (χ2n) is 10.4. The first-order valence-corrected chi connectivity index (χ1v) is 13.1. The van der Waals surface area contributed by atoms with Crippen molar-refractivity contribution in [3.05, 3.63) is 83.2 Å². The lowest BCUT2D eigenvalue weighted by molar-refractivity contribution is -0.118. The molecule has 2 unspecified atom stereocenters. The van der Waals surface area contributed by atoms with E-state index < -0.39 is 5.41 Å². The zero-order chi connectivity index (χ0) is 26.3. The Balaban J connectivity index is 1.15. The molecule has 3 aliphatic rings. The average molecular weight is 508 g/mol. The molecule has 2 aromatic carbocycles. The van der Waals surface area contributed by atoms with Gasteiger partial charge >= 0.3 is 0 Å². The number of nitrogens with one attached hydrogen (secondary N) is 2. The van der Waals surface area contributed by atoms with E-state index in [2.05, 4.69) is 75.4 Å². The Bertz CT molecular complexity index is 1430. The minimum atomic E-state index is -0.506. The highest BCUT2D eigenvalue weighted by molar-refractivity contribution is 6.09. The third-order valence-corrected chi connectivity index (χ3v) is 8.13. The van der Waals surface area contributed by atoms with Crippen molar-refractivity contribution in [2.75, 3.05) is 50.6 Å². The third-order valence-electron chi connectivity index (χ3n) is 8.13. The molecule has 1 aliphatic carbocycles. The molecule has 194 valence electrons. The number of carbonyl (C=O) groups excluding carboxylic acids is 1. The number of carbonyl (C=O) groups is 1. The molecule has 1 aromatic heterocycles. The van der Waals surface area contributed by atoms with E-state index >= 15 is 0 Å². The summed E-state index contributed by atoms with van der Waals surface area (Å²) < 4.78 is 5.39. The van der Waals surface area contributed by atoms with Gasteiger partial charge in [0, 0.05) is 43.1 Å². The van der Waals surface area contributed by atoms with Crippen molar-refractivity contribution in [1.29, 1.82) is 0 Å². The van der Waals surface area contributed by atoms with Crippen LogP contribution in [0.25, 0.3) is 24.3 Å². The normalized spacial score (nSPS) is 22.8. The van der Waals surface area contributed by atoms with Crippen molar-refractivity contribution in [3.8, 4) is 5.75 Å². The number of ether oxygens (including phenoxy) is 1. The molecule has 38 heavy (non-hydrogen) atoms. The summed E-state index contributed by atoms with van der Waals surface area (Å²) in [5.74, 6) is 0.947. The topological polar surface area (TPSA) is 73.5 Å². The molecule has 1 amide bonds. The highest BCUT2D eigenvalue weighted by Gasteiger charge is 2.63. The number of amides is 1. The fraction of sp³-hybridized carbons (Fsp3) is 0.290. The molecule has 3 aromatic rings. The lowest BCUT2D eigenvalue weighted by Gasteiger charge is -2.34. The van der Waals surface area contributed by atoms with Crippen LogP contribution in [-0.2, 0) is 10.2 Å². The number of anilines is 2. The predicted molar refractivity (Wildman–Crippen MR) is 154 cm³/mol. The van der Waals surface area contributed by atoms with Gasteiger partial charge in [0.25, 0.3) is 0 Å². The number of hydrogen-bond donors (Lipinski definition) is 2. The van der Waals surface area contributed by atoms with Gasteiger partial charge in [-0.25, -0.2) is 0 Å². The van der Waals surface area contributed by atoms with E-state index in [-0.39, 0.29) is 11.8 Å². The Morgan fingerprint density at radius 1 is 1.08 bits per heavy atom. The van der Waals surface area contributed by atoms with E-state index in [9.17, 15) is 4.79 Å². The summed E-state index contributed by atoms with van der Waals surface area (Å²) in [6, 6.07) is 14.5. The van der Waals surface area contributed by atoms with Crippen molar-refractivity contribution in [1.82, 2.24) is 15.1 Å². The van der Waals surface area contributed by atoms with Gasteiger partial charge < -0.3 is 19.9 Å². The predicted octanol–water partition coefficient (Wildman–Crippen LogP) is 4.91. The van der Waals surface area contributed by atoms with E-state index in [1.165, 1.54) is 5.69 Å². The second kappa shape index (κ2) is 9.65. The molecular formula is C31H33N5O2. The second-order valence-corrected chi connectivity index (χ2v) is 10.4. The van der Waals surface area contributed by atoms with Crippen molar-refractivity contribution in [3.63, 3.8) is 0 Å². The summed E-state index contributed by atoms with van der Waals surface area (Å²) >= 11 is 0. The van der Waals surface area contributed by atoms with Gasteiger partial charge in [0.05, 0.1) is 23.9 Å². The number of H-pyrrole nitrogens is 1.